The van der Waals surface area contributed by atoms with Gasteiger partial charge in [0.25, 0.3) is 11.6 Å². The average molecular weight is 344 g/mol. The molecule has 2 aromatic heterocycles. The van der Waals surface area contributed by atoms with Gasteiger partial charge in [0.05, 0.1) is 16.3 Å². The van der Waals surface area contributed by atoms with Crippen molar-refractivity contribution >= 4 is 22.9 Å². The maximum absolute atomic E-state index is 12.1. The third-order valence-corrected chi connectivity index (χ3v) is 4.13. The zero-order valence-electron chi connectivity index (χ0n) is 12.6. The number of hydrogen-bond acceptors (Lipinski definition) is 7. The highest BCUT2D eigenvalue weighted by molar-refractivity contribution is 7.13. The molecule has 0 aliphatic carbocycles. The Labute approximate surface area is 140 Å². The topological polar surface area (TPSA) is 111 Å². The standard InChI is InChI=1S/C15H12N4O4S/c1-9-7-10(4-5-11(9)19(21)22)15(20)16-8-13-17-14(18-23-13)12-3-2-6-24-12/h2-7H,8H2,1H3,(H,16,20). The van der Waals surface area contributed by atoms with Crippen molar-refractivity contribution in [1.29, 1.82) is 0 Å². The summed E-state index contributed by atoms with van der Waals surface area (Å²) in [6.07, 6.45) is 0. The van der Waals surface area contributed by atoms with E-state index in [4.69, 9.17) is 4.52 Å². The first-order valence-corrected chi connectivity index (χ1v) is 7.82. The molecule has 8 nitrogen and oxygen atoms in total. The van der Waals surface area contributed by atoms with Crippen LogP contribution in [0.15, 0.2) is 40.2 Å². The lowest BCUT2D eigenvalue weighted by Gasteiger charge is -2.04. The van der Waals surface area contributed by atoms with Gasteiger partial charge in [-0.1, -0.05) is 11.2 Å². The molecular formula is C15H12N4O4S. The Morgan fingerprint density at radius 2 is 2.25 bits per heavy atom. The summed E-state index contributed by atoms with van der Waals surface area (Å²) < 4.78 is 5.09. The van der Waals surface area contributed by atoms with Crippen molar-refractivity contribution in [1.82, 2.24) is 15.5 Å². The number of rotatable bonds is 5. The minimum atomic E-state index is -0.485. The van der Waals surface area contributed by atoms with Gasteiger partial charge in [-0.3, -0.25) is 14.9 Å². The molecule has 9 heteroatoms. The van der Waals surface area contributed by atoms with Gasteiger partial charge in [-0.15, -0.1) is 11.3 Å². The van der Waals surface area contributed by atoms with Gasteiger partial charge in [0.1, 0.15) is 0 Å². The molecule has 24 heavy (non-hydrogen) atoms. The van der Waals surface area contributed by atoms with Crippen LogP contribution in [0.1, 0.15) is 21.8 Å². The Morgan fingerprint density at radius 1 is 1.42 bits per heavy atom. The molecule has 0 bridgehead atoms. The number of carbonyl (C=O) groups is 1. The summed E-state index contributed by atoms with van der Waals surface area (Å²) >= 11 is 1.49. The van der Waals surface area contributed by atoms with Crippen molar-refractivity contribution in [2.45, 2.75) is 13.5 Å². The van der Waals surface area contributed by atoms with E-state index in [-0.39, 0.29) is 24.0 Å². The van der Waals surface area contributed by atoms with E-state index in [1.54, 1.807) is 6.92 Å². The predicted octanol–water partition coefficient (Wildman–Crippen LogP) is 2.94. The summed E-state index contributed by atoms with van der Waals surface area (Å²) in [7, 11) is 0. The van der Waals surface area contributed by atoms with Gasteiger partial charge in [-0.25, -0.2) is 0 Å². The molecule has 0 radical (unpaired) electrons. The van der Waals surface area contributed by atoms with Crippen LogP contribution in [0, 0.1) is 17.0 Å². The third kappa shape index (κ3) is 3.30. The zero-order valence-corrected chi connectivity index (χ0v) is 13.4. The van der Waals surface area contributed by atoms with Crippen LogP contribution in [-0.4, -0.2) is 21.0 Å². The monoisotopic (exact) mass is 344 g/mol. The van der Waals surface area contributed by atoms with E-state index < -0.39 is 4.92 Å². The quantitative estimate of drug-likeness (QED) is 0.562. The summed E-state index contributed by atoms with van der Waals surface area (Å²) in [5.74, 6) is 0.384. The number of amides is 1. The third-order valence-electron chi connectivity index (χ3n) is 3.27. The minimum absolute atomic E-state index is 0.0240. The second-order valence-corrected chi connectivity index (χ2v) is 5.88. The van der Waals surface area contributed by atoms with Crippen LogP contribution in [0.4, 0.5) is 5.69 Å². The fraction of sp³-hybridized carbons (Fsp3) is 0.133. The number of nitrogens with zero attached hydrogens (tertiary/aromatic N) is 3. The summed E-state index contributed by atoms with van der Waals surface area (Å²) in [4.78, 5) is 27.5. The van der Waals surface area contributed by atoms with Gasteiger partial charge in [0.2, 0.25) is 11.7 Å². The number of nitro benzene ring substituents is 1. The largest absolute Gasteiger partial charge is 0.343 e. The van der Waals surface area contributed by atoms with Crippen molar-refractivity contribution < 1.29 is 14.2 Å². The van der Waals surface area contributed by atoms with Crippen LogP contribution in [-0.2, 0) is 6.54 Å². The molecule has 1 amide bonds. The maximum atomic E-state index is 12.1. The lowest BCUT2D eigenvalue weighted by Crippen LogP contribution is -2.23. The molecule has 0 unspecified atom stereocenters. The predicted molar refractivity (Wildman–Crippen MR) is 86.6 cm³/mol. The van der Waals surface area contributed by atoms with Gasteiger partial charge in [0.15, 0.2) is 0 Å². The van der Waals surface area contributed by atoms with Crippen LogP contribution in [0.25, 0.3) is 10.7 Å². The molecule has 122 valence electrons. The van der Waals surface area contributed by atoms with E-state index in [0.717, 1.165) is 4.88 Å². The number of aromatic nitrogens is 2. The number of thiophene rings is 1. The van der Waals surface area contributed by atoms with E-state index in [1.165, 1.54) is 29.5 Å². The molecule has 0 fully saturated rings. The van der Waals surface area contributed by atoms with E-state index in [0.29, 0.717) is 17.0 Å². The van der Waals surface area contributed by atoms with Crippen LogP contribution >= 0.6 is 11.3 Å². The zero-order chi connectivity index (χ0) is 17.1. The second-order valence-electron chi connectivity index (χ2n) is 4.93. The Bertz CT molecular complexity index is 889. The van der Waals surface area contributed by atoms with Crippen LogP contribution in [0.3, 0.4) is 0 Å². The van der Waals surface area contributed by atoms with Crippen molar-refractivity contribution in [3.8, 4) is 10.7 Å². The molecule has 0 saturated carbocycles. The molecule has 3 aromatic rings. The van der Waals surface area contributed by atoms with E-state index in [1.807, 2.05) is 17.5 Å². The summed E-state index contributed by atoms with van der Waals surface area (Å²) in [6.45, 7) is 1.66. The van der Waals surface area contributed by atoms with Crippen molar-refractivity contribution in [2.75, 3.05) is 0 Å². The van der Waals surface area contributed by atoms with Crippen molar-refractivity contribution in [3.63, 3.8) is 0 Å². The second kappa shape index (κ2) is 6.59. The summed E-state index contributed by atoms with van der Waals surface area (Å²) in [5, 5.41) is 19.2. The molecule has 0 spiro atoms. The average Bonchev–Trinajstić information content (AvgIpc) is 3.23. The molecule has 0 saturated heterocycles. The van der Waals surface area contributed by atoms with Gasteiger partial charge < -0.3 is 9.84 Å². The van der Waals surface area contributed by atoms with Crippen molar-refractivity contribution in [3.05, 3.63) is 62.8 Å². The van der Waals surface area contributed by atoms with Crippen LogP contribution < -0.4 is 5.32 Å². The summed E-state index contributed by atoms with van der Waals surface area (Å²) in [6, 6.07) is 7.95. The smallest absolute Gasteiger partial charge is 0.272 e. The number of nitro groups is 1. The van der Waals surface area contributed by atoms with Gasteiger partial charge in [-0.05, 0) is 30.5 Å². The van der Waals surface area contributed by atoms with Crippen LogP contribution in [0.5, 0.6) is 0 Å². The highest BCUT2D eigenvalue weighted by Gasteiger charge is 2.15. The Kier molecular flexibility index (Phi) is 4.34. The molecule has 0 atom stereocenters. The molecule has 1 N–H and O–H groups in total. The van der Waals surface area contributed by atoms with Crippen LogP contribution in [0.2, 0.25) is 0 Å². The number of carbonyl (C=O) groups excluding carboxylic acids is 1. The number of hydrogen-bond donors (Lipinski definition) is 1. The van der Waals surface area contributed by atoms with Gasteiger partial charge >= 0.3 is 0 Å². The lowest BCUT2D eigenvalue weighted by molar-refractivity contribution is -0.385. The van der Waals surface area contributed by atoms with Gasteiger partial charge in [-0.2, -0.15) is 4.98 Å². The van der Waals surface area contributed by atoms with E-state index in [2.05, 4.69) is 15.5 Å². The molecule has 0 aliphatic heterocycles. The number of benzene rings is 1. The number of nitrogens with one attached hydrogen (secondary N) is 1. The Morgan fingerprint density at radius 3 is 2.92 bits per heavy atom. The molecule has 3 rings (SSSR count). The molecular weight excluding hydrogens is 332 g/mol. The maximum Gasteiger partial charge on any atom is 0.272 e. The Hall–Kier alpha value is -3.07. The first kappa shape index (κ1) is 15.8. The normalized spacial score (nSPS) is 10.5. The fourth-order valence-electron chi connectivity index (χ4n) is 2.09. The van der Waals surface area contributed by atoms with E-state index in [9.17, 15) is 14.9 Å². The number of aryl methyl sites for hydroxylation is 1. The SMILES string of the molecule is Cc1cc(C(=O)NCc2nc(-c3cccs3)no2)ccc1[N+](=O)[O-]. The minimum Gasteiger partial charge on any atom is -0.343 e. The molecule has 0 aliphatic rings. The van der Waals surface area contributed by atoms with Gasteiger partial charge in [0, 0.05) is 17.2 Å². The van der Waals surface area contributed by atoms with E-state index >= 15 is 0 Å². The van der Waals surface area contributed by atoms with Crippen molar-refractivity contribution in [2.24, 2.45) is 0 Å². The summed E-state index contributed by atoms with van der Waals surface area (Å²) in [5.41, 5.74) is 0.727. The lowest BCUT2D eigenvalue weighted by atomic mass is 10.1. The highest BCUT2D eigenvalue weighted by Crippen LogP contribution is 2.21. The fourth-order valence-corrected chi connectivity index (χ4v) is 2.74. The Balaban J connectivity index is 1.65. The highest BCUT2D eigenvalue weighted by atomic mass is 32.1. The molecule has 1 aromatic carbocycles. The first-order valence-electron chi connectivity index (χ1n) is 6.94. The first-order chi connectivity index (χ1) is 11.5. The molecule has 2 heterocycles.